The molecule has 2 N–H and O–H groups in total. The molecular weight excluding hydrogens is 297 g/mol. The predicted octanol–water partition coefficient (Wildman–Crippen LogP) is 4.34. The number of nitrogens with two attached hydrogens (primary N) is 1. The summed E-state index contributed by atoms with van der Waals surface area (Å²) in [6, 6.07) is 10.8. The molecule has 0 radical (unpaired) electrons. The Labute approximate surface area is 128 Å². The highest BCUT2D eigenvalue weighted by atomic mass is 35.5. The molecule has 0 saturated heterocycles. The minimum atomic E-state index is 0.378. The van der Waals surface area contributed by atoms with E-state index >= 15 is 0 Å². The van der Waals surface area contributed by atoms with E-state index in [4.69, 9.17) is 38.4 Å². The average Bonchev–Trinajstić information content (AvgIpc) is 2.43. The van der Waals surface area contributed by atoms with E-state index in [-0.39, 0.29) is 0 Å². The standard InChI is InChI=1S/C15H15Cl2NO2/c1-10-9-11(5-6-13(10)18)19-7-8-20-14-4-2-3-12(16)15(14)17/h2-6,9H,7-8,18H2,1H3. The Morgan fingerprint density at radius 3 is 2.55 bits per heavy atom. The molecule has 0 aliphatic carbocycles. The van der Waals surface area contributed by atoms with E-state index in [2.05, 4.69) is 0 Å². The zero-order valence-corrected chi connectivity index (χ0v) is 12.5. The van der Waals surface area contributed by atoms with Gasteiger partial charge in [0.2, 0.25) is 0 Å². The second kappa shape index (κ2) is 6.73. The van der Waals surface area contributed by atoms with E-state index in [0.717, 1.165) is 17.0 Å². The molecule has 2 aromatic carbocycles. The van der Waals surface area contributed by atoms with Crippen LogP contribution in [0.2, 0.25) is 10.0 Å². The van der Waals surface area contributed by atoms with Gasteiger partial charge in [0.15, 0.2) is 0 Å². The van der Waals surface area contributed by atoms with Crippen LogP contribution >= 0.6 is 23.2 Å². The molecule has 20 heavy (non-hydrogen) atoms. The SMILES string of the molecule is Cc1cc(OCCOc2cccc(Cl)c2Cl)ccc1N. The van der Waals surface area contributed by atoms with Crippen molar-refractivity contribution in [2.75, 3.05) is 18.9 Å². The maximum Gasteiger partial charge on any atom is 0.139 e. The normalized spacial score (nSPS) is 10.3. The third-order valence-corrected chi connectivity index (χ3v) is 3.57. The molecule has 0 fully saturated rings. The first-order valence-corrected chi connectivity index (χ1v) is 6.89. The number of halogens is 2. The van der Waals surface area contributed by atoms with Crippen molar-refractivity contribution < 1.29 is 9.47 Å². The molecule has 3 nitrogen and oxygen atoms in total. The van der Waals surface area contributed by atoms with Crippen molar-refractivity contribution in [3.05, 3.63) is 52.0 Å². The topological polar surface area (TPSA) is 44.5 Å². The molecule has 0 aromatic heterocycles. The Bertz CT molecular complexity index is 602. The van der Waals surface area contributed by atoms with E-state index in [0.29, 0.717) is 29.0 Å². The molecule has 0 saturated carbocycles. The van der Waals surface area contributed by atoms with Gasteiger partial charge in [-0.2, -0.15) is 0 Å². The lowest BCUT2D eigenvalue weighted by Gasteiger charge is -2.11. The number of hydrogen-bond acceptors (Lipinski definition) is 3. The van der Waals surface area contributed by atoms with Crippen LogP contribution in [0.1, 0.15) is 5.56 Å². The van der Waals surface area contributed by atoms with Gasteiger partial charge < -0.3 is 15.2 Å². The summed E-state index contributed by atoms with van der Waals surface area (Å²) in [6.45, 7) is 2.72. The minimum absolute atomic E-state index is 0.378. The Hall–Kier alpha value is -1.58. The van der Waals surface area contributed by atoms with Gasteiger partial charge >= 0.3 is 0 Å². The van der Waals surface area contributed by atoms with E-state index in [9.17, 15) is 0 Å². The van der Waals surface area contributed by atoms with Crippen molar-refractivity contribution in [1.82, 2.24) is 0 Å². The van der Waals surface area contributed by atoms with Crippen LogP contribution in [0.4, 0.5) is 5.69 Å². The highest BCUT2D eigenvalue weighted by Crippen LogP contribution is 2.31. The van der Waals surface area contributed by atoms with Crippen molar-refractivity contribution in [3.8, 4) is 11.5 Å². The summed E-state index contributed by atoms with van der Waals surface area (Å²) in [4.78, 5) is 0. The van der Waals surface area contributed by atoms with Gasteiger partial charge in [-0.25, -0.2) is 0 Å². The van der Waals surface area contributed by atoms with Crippen molar-refractivity contribution >= 4 is 28.9 Å². The fourth-order valence-corrected chi connectivity index (χ4v) is 1.99. The van der Waals surface area contributed by atoms with E-state index in [1.807, 2.05) is 25.1 Å². The molecule has 0 bridgehead atoms. The van der Waals surface area contributed by atoms with Gasteiger partial charge in [-0.05, 0) is 42.8 Å². The number of ether oxygens (including phenoxy) is 2. The van der Waals surface area contributed by atoms with E-state index in [1.165, 1.54) is 0 Å². The van der Waals surface area contributed by atoms with Gasteiger partial charge in [-0.1, -0.05) is 29.3 Å². The van der Waals surface area contributed by atoms with Crippen LogP contribution in [-0.2, 0) is 0 Å². The lowest BCUT2D eigenvalue weighted by atomic mass is 10.2. The number of aryl methyl sites for hydroxylation is 1. The van der Waals surface area contributed by atoms with Gasteiger partial charge in [0.1, 0.15) is 29.7 Å². The third-order valence-electron chi connectivity index (χ3n) is 2.77. The first-order valence-electron chi connectivity index (χ1n) is 6.13. The van der Waals surface area contributed by atoms with Gasteiger partial charge in [-0.15, -0.1) is 0 Å². The zero-order valence-electron chi connectivity index (χ0n) is 11.0. The van der Waals surface area contributed by atoms with Crippen molar-refractivity contribution in [3.63, 3.8) is 0 Å². The summed E-state index contributed by atoms with van der Waals surface area (Å²) in [7, 11) is 0. The van der Waals surface area contributed by atoms with Gasteiger partial charge in [0, 0.05) is 5.69 Å². The second-order valence-electron chi connectivity index (χ2n) is 4.27. The zero-order chi connectivity index (χ0) is 14.5. The quantitative estimate of drug-likeness (QED) is 0.660. The summed E-state index contributed by atoms with van der Waals surface area (Å²) >= 11 is 11.9. The van der Waals surface area contributed by atoms with E-state index in [1.54, 1.807) is 18.2 Å². The fourth-order valence-electron chi connectivity index (χ4n) is 1.64. The molecule has 5 heteroatoms. The monoisotopic (exact) mass is 311 g/mol. The van der Waals surface area contributed by atoms with Crippen LogP contribution in [0.3, 0.4) is 0 Å². The maximum absolute atomic E-state index is 6.02. The van der Waals surface area contributed by atoms with Gasteiger partial charge in [0.05, 0.1) is 5.02 Å². The average molecular weight is 312 g/mol. The molecule has 0 unspecified atom stereocenters. The smallest absolute Gasteiger partial charge is 0.139 e. The van der Waals surface area contributed by atoms with E-state index < -0.39 is 0 Å². The molecule has 2 rings (SSSR count). The maximum atomic E-state index is 6.02. The molecule has 0 aliphatic heterocycles. The summed E-state index contributed by atoms with van der Waals surface area (Å²) in [5.41, 5.74) is 7.48. The summed E-state index contributed by atoms with van der Waals surface area (Å²) in [5, 5.41) is 0.886. The highest BCUT2D eigenvalue weighted by molar-refractivity contribution is 6.42. The lowest BCUT2D eigenvalue weighted by Crippen LogP contribution is -2.09. The van der Waals surface area contributed by atoms with Crippen LogP contribution in [0.25, 0.3) is 0 Å². The first-order chi connectivity index (χ1) is 9.58. The molecule has 2 aromatic rings. The molecule has 0 aliphatic rings. The molecule has 0 atom stereocenters. The molecule has 0 amide bonds. The van der Waals surface area contributed by atoms with Crippen LogP contribution in [0, 0.1) is 6.92 Å². The Morgan fingerprint density at radius 1 is 1.05 bits per heavy atom. The third kappa shape index (κ3) is 3.71. The Kier molecular flexibility index (Phi) is 4.99. The minimum Gasteiger partial charge on any atom is -0.490 e. The van der Waals surface area contributed by atoms with Crippen LogP contribution < -0.4 is 15.2 Å². The number of rotatable bonds is 5. The van der Waals surface area contributed by atoms with Crippen LogP contribution in [0.15, 0.2) is 36.4 Å². The molecular formula is C15H15Cl2NO2. The van der Waals surface area contributed by atoms with Crippen LogP contribution in [0.5, 0.6) is 11.5 Å². The van der Waals surface area contributed by atoms with Crippen molar-refractivity contribution in [2.45, 2.75) is 6.92 Å². The van der Waals surface area contributed by atoms with Crippen LogP contribution in [-0.4, -0.2) is 13.2 Å². The highest BCUT2D eigenvalue weighted by Gasteiger charge is 2.05. The number of hydrogen-bond donors (Lipinski definition) is 1. The first kappa shape index (κ1) is 14.8. The number of benzene rings is 2. The summed E-state index contributed by atoms with van der Waals surface area (Å²) in [5.74, 6) is 1.31. The number of anilines is 1. The summed E-state index contributed by atoms with van der Waals surface area (Å²) < 4.78 is 11.1. The van der Waals surface area contributed by atoms with Gasteiger partial charge in [-0.3, -0.25) is 0 Å². The summed E-state index contributed by atoms with van der Waals surface area (Å²) in [6.07, 6.45) is 0. The van der Waals surface area contributed by atoms with Crippen molar-refractivity contribution in [2.24, 2.45) is 0 Å². The molecule has 0 spiro atoms. The molecule has 0 heterocycles. The number of nitrogen functional groups attached to an aromatic ring is 1. The second-order valence-corrected chi connectivity index (χ2v) is 5.05. The lowest BCUT2D eigenvalue weighted by molar-refractivity contribution is 0.217. The van der Waals surface area contributed by atoms with Gasteiger partial charge in [0.25, 0.3) is 0 Å². The predicted molar refractivity (Wildman–Crippen MR) is 83.0 cm³/mol. The fraction of sp³-hybridized carbons (Fsp3) is 0.200. The molecule has 106 valence electrons. The van der Waals surface area contributed by atoms with Crippen molar-refractivity contribution in [1.29, 1.82) is 0 Å². The largest absolute Gasteiger partial charge is 0.490 e. The Morgan fingerprint density at radius 2 is 1.80 bits per heavy atom. The Balaban J connectivity index is 1.84.